The number of hydrogen-bond acceptors (Lipinski definition) is 2. The lowest BCUT2D eigenvalue weighted by atomic mass is 10.2. The number of hydrogen-bond donors (Lipinski definition) is 2. The fraction of sp³-hybridized carbons (Fsp3) is 0.500. The number of pyridine rings is 1. The zero-order valence-corrected chi connectivity index (χ0v) is 11.4. The molecular weight excluding hydrogens is 254 g/mol. The number of nitrogens with one attached hydrogen (secondary N) is 2. The molecule has 1 aliphatic rings. The Kier molecular flexibility index (Phi) is 4.18. The summed E-state index contributed by atoms with van der Waals surface area (Å²) in [5.41, 5.74) is 1.04. The fourth-order valence-electron chi connectivity index (χ4n) is 2.02. The van der Waals surface area contributed by atoms with Crippen molar-refractivity contribution < 1.29 is 0 Å². The molecular formula is C12H16ClN3S. The highest BCUT2D eigenvalue weighted by Crippen LogP contribution is 2.20. The van der Waals surface area contributed by atoms with E-state index in [0.717, 1.165) is 5.56 Å². The second-order valence-corrected chi connectivity index (χ2v) is 5.24. The van der Waals surface area contributed by atoms with Gasteiger partial charge in [-0.2, -0.15) is 0 Å². The average molecular weight is 270 g/mol. The minimum Gasteiger partial charge on any atom is -0.360 e. The molecule has 3 nitrogen and oxygen atoms in total. The normalized spacial score (nSPS) is 15.9. The van der Waals surface area contributed by atoms with Crippen molar-refractivity contribution >= 4 is 34.7 Å². The molecule has 2 N–H and O–H groups in total. The van der Waals surface area contributed by atoms with Crippen LogP contribution in [0.3, 0.4) is 0 Å². The highest BCUT2D eigenvalue weighted by molar-refractivity contribution is 7.80. The Morgan fingerprint density at radius 3 is 2.82 bits per heavy atom. The number of rotatable bonds is 2. The van der Waals surface area contributed by atoms with Gasteiger partial charge >= 0.3 is 0 Å². The third-order valence-electron chi connectivity index (χ3n) is 2.90. The van der Waals surface area contributed by atoms with Crippen LogP contribution in [-0.2, 0) is 0 Å². The molecule has 0 spiro atoms. The Hall–Kier alpha value is -0.870. The van der Waals surface area contributed by atoms with Crippen LogP contribution in [0.4, 0.5) is 5.82 Å². The van der Waals surface area contributed by atoms with Crippen molar-refractivity contribution in [1.82, 2.24) is 10.3 Å². The summed E-state index contributed by atoms with van der Waals surface area (Å²) >= 11 is 11.3. The molecule has 1 heterocycles. The van der Waals surface area contributed by atoms with Gasteiger partial charge in [0.15, 0.2) is 10.9 Å². The van der Waals surface area contributed by atoms with Crippen molar-refractivity contribution in [2.75, 3.05) is 5.32 Å². The van der Waals surface area contributed by atoms with Gasteiger partial charge in [0.2, 0.25) is 0 Å². The van der Waals surface area contributed by atoms with Crippen molar-refractivity contribution in [1.29, 1.82) is 0 Å². The molecule has 92 valence electrons. The standard InChI is InChI=1S/C12H16ClN3S/c1-8-6-10(13)11(14-7-8)16-12(17)15-9-4-2-3-5-9/h6-7,9H,2-5H2,1H3,(H2,14,15,16,17). The van der Waals surface area contributed by atoms with Crippen molar-refractivity contribution in [2.45, 2.75) is 38.6 Å². The van der Waals surface area contributed by atoms with Crippen LogP contribution in [0.15, 0.2) is 12.3 Å². The summed E-state index contributed by atoms with van der Waals surface area (Å²) in [6.07, 6.45) is 6.72. The van der Waals surface area contributed by atoms with Gasteiger partial charge in [-0.15, -0.1) is 0 Å². The van der Waals surface area contributed by atoms with E-state index in [-0.39, 0.29) is 0 Å². The third-order valence-corrected chi connectivity index (χ3v) is 3.41. The molecule has 0 aliphatic heterocycles. The molecule has 2 rings (SSSR count). The first-order valence-corrected chi connectivity index (χ1v) is 6.63. The maximum absolute atomic E-state index is 6.08. The minimum atomic E-state index is 0.499. The average Bonchev–Trinajstić information content (AvgIpc) is 2.75. The van der Waals surface area contributed by atoms with E-state index in [1.807, 2.05) is 13.0 Å². The van der Waals surface area contributed by atoms with E-state index in [9.17, 15) is 0 Å². The molecule has 1 saturated carbocycles. The highest BCUT2D eigenvalue weighted by Gasteiger charge is 2.15. The van der Waals surface area contributed by atoms with E-state index < -0.39 is 0 Å². The first-order chi connectivity index (χ1) is 8.15. The van der Waals surface area contributed by atoms with Crippen LogP contribution in [-0.4, -0.2) is 16.1 Å². The van der Waals surface area contributed by atoms with Gasteiger partial charge in [-0.3, -0.25) is 0 Å². The van der Waals surface area contributed by atoms with E-state index >= 15 is 0 Å². The summed E-state index contributed by atoms with van der Waals surface area (Å²) in [5.74, 6) is 0.618. The van der Waals surface area contributed by atoms with Crippen molar-refractivity contribution in [3.63, 3.8) is 0 Å². The van der Waals surface area contributed by atoms with E-state index in [1.54, 1.807) is 6.20 Å². The second kappa shape index (κ2) is 5.65. The Morgan fingerprint density at radius 1 is 1.47 bits per heavy atom. The zero-order chi connectivity index (χ0) is 12.3. The van der Waals surface area contributed by atoms with E-state index in [0.29, 0.717) is 22.0 Å². The lowest BCUT2D eigenvalue weighted by molar-refractivity contribution is 0.634. The molecule has 1 fully saturated rings. The molecule has 17 heavy (non-hydrogen) atoms. The van der Waals surface area contributed by atoms with E-state index in [1.165, 1.54) is 25.7 Å². The zero-order valence-electron chi connectivity index (χ0n) is 9.79. The van der Waals surface area contributed by atoms with Gasteiger partial charge in [0, 0.05) is 12.2 Å². The molecule has 5 heteroatoms. The van der Waals surface area contributed by atoms with Crippen LogP contribution in [0.5, 0.6) is 0 Å². The summed E-state index contributed by atoms with van der Waals surface area (Å²) in [4.78, 5) is 4.22. The Balaban J connectivity index is 1.93. The molecule has 0 radical (unpaired) electrons. The molecule has 0 bridgehead atoms. The fourth-order valence-corrected chi connectivity index (χ4v) is 2.56. The number of nitrogens with zero attached hydrogens (tertiary/aromatic N) is 1. The number of anilines is 1. The van der Waals surface area contributed by atoms with Crippen molar-refractivity contribution in [3.05, 3.63) is 22.8 Å². The molecule has 1 aromatic rings. The maximum atomic E-state index is 6.08. The van der Waals surface area contributed by atoms with Crippen molar-refractivity contribution in [2.24, 2.45) is 0 Å². The lowest BCUT2D eigenvalue weighted by Crippen LogP contribution is -2.36. The topological polar surface area (TPSA) is 37.0 Å². The first-order valence-electron chi connectivity index (χ1n) is 5.85. The van der Waals surface area contributed by atoms with Gasteiger partial charge in [-0.25, -0.2) is 4.98 Å². The first kappa shape index (κ1) is 12.6. The van der Waals surface area contributed by atoms with Gasteiger partial charge in [0.05, 0.1) is 5.02 Å². The summed E-state index contributed by atoms with van der Waals surface area (Å²) in [6.45, 7) is 1.96. The molecule has 1 aromatic heterocycles. The summed E-state index contributed by atoms with van der Waals surface area (Å²) in [5, 5.41) is 7.54. The Morgan fingerprint density at radius 2 is 2.18 bits per heavy atom. The summed E-state index contributed by atoms with van der Waals surface area (Å²) < 4.78 is 0. The quantitative estimate of drug-likeness (QED) is 0.808. The molecule has 0 atom stereocenters. The van der Waals surface area contributed by atoms with Gasteiger partial charge in [0.25, 0.3) is 0 Å². The monoisotopic (exact) mass is 269 g/mol. The van der Waals surface area contributed by atoms with E-state index in [2.05, 4.69) is 15.6 Å². The van der Waals surface area contributed by atoms with Crippen LogP contribution in [0.1, 0.15) is 31.2 Å². The second-order valence-electron chi connectivity index (χ2n) is 4.42. The maximum Gasteiger partial charge on any atom is 0.172 e. The molecule has 0 saturated heterocycles. The van der Waals surface area contributed by atoms with E-state index in [4.69, 9.17) is 23.8 Å². The van der Waals surface area contributed by atoms with Crippen molar-refractivity contribution in [3.8, 4) is 0 Å². The van der Waals surface area contributed by atoms with Gasteiger partial charge in [-0.1, -0.05) is 24.4 Å². The van der Waals surface area contributed by atoms with Crippen LogP contribution in [0.2, 0.25) is 5.02 Å². The summed E-state index contributed by atoms with van der Waals surface area (Å²) in [6, 6.07) is 2.37. The number of thiocarbonyl (C=S) groups is 1. The van der Waals surface area contributed by atoms with Crippen LogP contribution >= 0.6 is 23.8 Å². The largest absolute Gasteiger partial charge is 0.360 e. The smallest absolute Gasteiger partial charge is 0.172 e. The highest BCUT2D eigenvalue weighted by atomic mass is 35.5. The summed E-state index contributed by atoms with van der Waals surface area (Å²) in [7, 11) is 0. The van der Waals surface area contributed by atoms with Crippen LogP contribution in [0.25, 0.3) is 0 Å². The SMILES string of the molecule is Cc1cnc(NC(=S)NC2CCCC2)c(Cl)c1. The third kappa shape index (κ3) is 3.54. The predicted octanol–water partition coefficient (Wildman–Crippen LogP) is 3.27. The Bertz CT molecular complexity index is 416. The Labute approximate surface area is 112 Å². The lowest BCUT2D eigenvalue weighted by Gasteiger charge is -2.15. The molecule has 0 unspecified atom stereocenters. The number of aryl methyl sites for hydroxylation is 1. The van der Waals surface area contributed by atoms with Gasteiger partial charge in [0.1, 0.15) is 0 Å². The molecule has 1 aliphatic carbocycles. The number of aromatic nitrogens is 1. The van der Waals surface area contributed by atoms with Gasteiger partial charge in [-0.05, 0) is 43.6 Å². The van der Waals surface area contributed by atoms with Gasteiger partial charge < -0.3 is 10.6 Å². The minimum absolute atomic E-state index is 0.499. The molecule has 0 aromatic carbocycles. The molecule has 0 amide bonds. The number of halogens is 1. The predicted molar refractivity (Wildman–Crippen MR) is 75.6 cm³/mol. The van der Waals surface area contributed by atoms with Crippen LogP contribution < -0.4 is 10.6 Å². The van der Waals surface area contributed by atoms with Crippen LogP contribution in [0, 0.1) is 6.92 Å².